The predicted octanol–water partition coefficient (Wildman–Crippen LogP) is 0.925. The molecule has 1 aromatic heterocycles. The highest BCUT2D eigenvalue weighted by molar-refractivity contribution is 6.28. The first kappa shape index (κ1) is 7.60. The number of aliphatic hydroxyl groups is 1. The topological polar surface area (TPSA) is 59.4 Å². The molecule has 0 aliphatic carbocycles. The lowest BCUT2D eigenvalue weighted by atomic mass is 10.2. The third kappa shape index (κ3) is 1.50. The molecule has 0 saturated carbocycles. The van der Waals surface area contributed by atoms with Gasteiger partial charge in [-0.2, -0.15) is 0 Å². The van der Waals surface area contributed by atoms with Crippen LogP contribution < -0.4 is 5.73 Å². The van der Waals surface area contributed by atoms with Gasteiger partial charge in [-0.15, -0.1) is 0 Å². The van der Waals surface area contributed by atoms with Gasteiger partial charge in [-0.1, -0.05) is 0 Å². The van der Waals surface area contributed by atoms with Gasteiger partial charge in [0.15, 0.2) is 5.22 Å². The standard InChI is InChI=1S/C6H8ClNO2/c7-6-2-1-5(10-6)4(8)3-9/h1-2,4,9H,3,8H2/t4-/m1/s1. The van der Waals surface area contributed by atoms with E-state index in [1.807, 2.05) is 0 Å². The normalized spacial score (nSPS) is 13.5. The van der Waals surface area contributed by atoms with E-state index in [1.165, 1.54) is 0 Å². The molecule has 56 valence electrons. The Bertz CT molecular complexity index is 211. The fraction of sp³-hybridized carbons (Fsp3) is 0.333. The van der Waals surface area contributed by atoms with E-state index < -0.39 is 6.04 Å². The summed E-state index contributed by atoms with van der Waals surface area (Å²) < 4.78 is 4.92. The maximum absolute atomic E-state index is 8.57. The summed E-state index contributed by atoms with van der Waals surface area (Å²) >= 11 is 5.46. The first-order valence-electron chi connectivity index (χ1n) is 2.85. The number of aliphatic hydroxyl groups excluding tert-OH is 1. The third-order valence-electron chi connectivity index (χ3n) is 1.16. The van der Waals surface area contributed by atoms with Gasteiger partial charge in [0.1, 0.15) is 5.76 Å². The Hall–Kier alpha value is -0.510. The zero-order chi connectivity index (χ0) is 7.56. The maximum atomic E-state index is 8.57. The van der Waals surface area contributed by atoms with Crippen LogP contribution in [0.4, 0.5) is 0 Å². The van der Waals surface area contributed by atoms with Gasteiger partial charge in [0, 0.05) is 0 Å². The molecule has 0 spiro atoms. The van der Waals surface area contributed by atoms with Crippen LogP contribution in [-0.4, -0.2) is 11.7 Å². The Labute approximate surface area is 63.4 Å². The number of nitrogens with two attached hydrogens (primary N) is 1. The van der Waals surface area contributed by atoms with Crippen LogP contribution in [0.2, 0.25) is 5.22 Å². The molecule has 3 nitrogen and oxygen atoms in total. The average Bonchev–Trinajstić information content (AvgIpc) is 2.34. The lowest BCUT2D eigenvalue weighted by molar-refractivity contribution is 0.252. The molecule has 10 heavy (non-hydrogen) atoms. The molecule has 0 aliphatic heterocycles. The van der Waals surface area contributed by atoms with Crippen LogP contribution in [0.1, 0.15) is 11.8 Å². The first-order valence-corrected chi connectivity index (χ1v) is 3.23. The molecule has 0 amide bonds. The third-order valence-corrected chi connectivity index (χ3v) is 1.36. The SMILES string of the molecule is N[C@H](CO)c1ccc(Cl)o1. The minimum absolute atomic E-state index is 0.135. The second-order valence-corrected chi connectivity index (χ2v) is 2.30. The molecule has 0 unspecified atom stereocenters. The van der Waals surface area contributed by atoms with Crippen molar-refractivity contribution in [3.8, 4) is 0 Å². The molecule has 4 heteroatoms. The highest BCUT2D eigenvalue weighted by Crippen LogP contribution is 2.17. The van der Waals surface area contributed by atoms with Crippen molar-refractivity contribution >= 4 is 11.6 Å². The van der Waals surface area contributed by atoms with Gasteiger partial charge in [0.25, 0.3) is 0 Å². The summed E-state index contributed by atoms with van der Waals surface area (Å²) in [6, 6.07) is 2.77. The van der Waals surface area contributed by atoms with Gasteiger partial charge >= 0.3 is 0 Å². The molecule has 0 bridgehead atoms. The highest BCUT2D eigenvalue weighted by Gasteiger charge is 2.07. The molecule has 0 aromatic carbocycles. The fourth-order valence-corrected chi connectivity index (χ4v) is 0.770. The quantitative estimate of drug-likeness (QED) is 0.678. The Balaban J connectivity index is 2.74. The fourth-order valence-electron chi connectivity index (χ4n) is 0.618. The molecule has 1 rings (SSSR count). The number of rotatable bonds is 2. The molecule has 3 N–H and O–H groups in total. The van der Waals surface area contributed by atoms with E-state index >= 15 is 0 Å². The van der Waals surface area contributed by atoms with Gasteiger partial charge < -0.3 is 15.3 Å². The molecule has 0 radical (unpaired) electrons. The molecule has 0 fully saturated rings. The monoisotopic (exact) mass is 161 g/mol. The molecule has 0 saturated heterocycles. The lowest BCUT2D eigenvalue weighted by Gasteiger charge is -2.01. The molecule has 1 aromatic rings. The van der Waals surface area contributed by atoms with Crippen LogP contribution >= 0.6 is 11.6 Å². The molecule has 0 aliphatic rings. The lowest BCUT2D eigenvalue weighted by Crippen LogP contribution is -2.13. The summed E-state index contributed by atoms with van der Waals surface area (Å²) in [7, 11) is 0. The van der Waals surface area contributed by atoms with Crippen LogP contribution in [0.25, 0.3) is 0 Å². The van der Waals surface area contributed by atoms with E-state index in [-0.39, 0.29) is 6.61 Å². The first-order chi connectivity index (χ1) is 4.74. The summed E-state index contributed by atoms with van der Waals surface area (Å²) in [6.45, 7) is -0.135. The van der Waals surface area contributed by atoms with E-state index in [1.54, 1.807) is 12.1 Å². The zero-order valence-corrected chi connectivity index (χ0v) is 6.01. The maximum Gasteiger partial charge on any atom is 0.193 e. The summed E-state index contributed by atoms with van der Waals surface area (Å²) in [6.07, 6.45) is 0. The van der Waals surface area contributed by atoms with Crippen molar-refractivity contribution in [3.05, 3.63) is 23.1 Å². The number of halogens is 1. The summed E-state index contributed by atoms with van der Waals surface area (Å²) in [4.78, 5) is 0. The molecular weight excluding hydrogens is 154 g/mol. The average molecular weight is 162 g/mol. The van der Waals surface area contributed by atoms with E-state index in [9.17, 15) is 0 Å². The van der Waals surface area contributed by atoms with Crippen molar-refractivity contribution < 1.29 is 9.52 Å². The minimum Gasteiger partial charge on any atom is -0.448 e. The Morgan fingerprint density at radius 1 is 1.70 bits per heavy atom. The van der Waals surface area contributed by atoms with Crippen molar-refractivity contribution in [1.29, 1.82) is 0 Å². The van der Waals surface area contributed by atoms with Crippen molar-refractivity contribution in [2.45, 2.75) is 6.04 Å². The Morgan fingerprint density at radius 3 is 2.80 bits per heavy atom. The van der Waals surface area contributed by atoms with Crippen molar-refractivity contribution in [3.63, 3.8) is 0 Å². The van der Waals surface area contributed by atoms with E-state index in [0.29, 0.717) is 11.0 Å². The van der Waals surface area contributed by atoms with Gasteiger partial charge in [-0.25, -0.2) is 0 Å². The summed E-state index contributed by atoms with van der Waals surface area (Å²) in [5, 5.41) is 8.86. The van der Waals surface area contributed by atoms with Crippen LogP contribution in [0.15, 0.2) is 16.5 Å². The zero-order valence-electron chi connectivity index (χ0n) is 5.25. The van der Waals surface area contributed by atoms with Crippen LogP contribution in [0.5, 0.6) is 0 Å². The van der Waals surface area contributed by atoms with Crippen molar-refractivity contribution in [2.24, 2.45) is 5.73 Å². The summed E-state index contributed by atoms with van der Waals surface area (Å²) in [5.41, 5.74) is 5.41. The van der Waals surface area contributed by atoms with Crippen LogP contribution in [-0.2, 0) is 0 Å². The van der Waals surface area contributed by atoms with Gasteiger partial charge in [0.05, 0.1) is 12.6 Å². The predicted molar refractivity (Wildman–Crippen MR) is 37.7 cm³/mol. The van der Waals surface area contributed by atoms with Gasteiger partial charge in [-0.05, 0) is 23.7 Å². The van der Waals surface area contributed by atoms with Gasteiger partial charge in [0.2, 0.25) is 0 Å². The van der Waals surface area contributed by atoms with E-state index in [2.05, 4.69) is 0 Å². The van der Waals surface area contributed by atoms with Crippen molar-refractivity contribution in [2.75, 3.05) is 6.61 Å². The smallest absolute Gasteiger partial charge is 0.193 e. The second kappa shape index (κ2) is 3.05. The van der Waals surface area contributed by atoms with Crippen LogP contribution in [0.3, 0.4) is 0 Å². The molecule has 1 heterocycles. The minimum atomic E-state index is -0.465. The van der Waals surface area contributed by atoms with Crippen molar-refractivity contribution in [1.82, 2.24) is 0 Å². The Morgan fingerprint density at radius 2 is 2.40 bits per heavy atom. The van der Waals surface area contributed by atoms with Gasteiger partial charge in [-0.3, -0.25) is 0 Å². The number of furan rings is 1. The second-order valence-electron chi connectivity index (χ2n) is 1.93. The number of hydrogen-bond donors (Lipinski definition) is 2. The summed E-state index contributed by atoms with van der Waals surface area (Å²) in [5.74, 6) is 0.507. The number of hydrogen-bond acceptors (Lipinski definition) is 3. The van der Waals surface area contributed by atoms with Crippen LogP contribution in [0, 0.1) is 0 Å². The Kier molecular flexibility index (Phi) is 2.32. The van der Waals surface area contributed by atoms with E-state index in [0.717, 1.165) is 0 Å². The molecule has 1 atom stereocenters. The largest absolute Gasteiger partial charge is 0.448 e. The van der Waals surface area contributed by atoms with E-state index in [4.69, 9.17) is 26.9 Å². The molecular formula is C6H8ClNO2. The highest BCUT2D eigenvalue weighted by atomic mass is 35.5.